The number of carbonyl (C=O) groups excluding carboxylic acids is 1. The molecule has 1 heterocycles. The fourth-order valence-electron chi connectivity index (χ4n) is 2.49. The quantitative estimate of drug-likeness (QED) is 0.725. The number of amides is 2. The summed E-state index contributed by atoms with van der Waals surface area (Å²) in [6.07, 6.45) is 0.759. The van der Waals surface area contributed by atoms with Gasteiger partial charge in [-0.05, 0) is 23.1 Å². The van der Waals surface area contributed by atoms with Crippen molar-refractivity contribution in [1.82, 2.24) is 20.8 Å². The molecular formula is C19H20N4O2. The molecular weight excluding hydrogens is 316 g/mol. The topological polar surface area (TPSA) is 80.0 Å². The maximum Gasteiger partial charge on any atom is 0.315 e. The highest BCUT2D eigenvalue weighted by Gasteiger charge is 2.05. The van der Waals surface area contributed by atoms with Gasteiger partial charge in [0.05, 0.1) is 6.54 Å². The summed E-state index contributed by atoms with van der Waals surface area (Å²) in [6.45, 7) is 2.50. The van der Waals surface area contributed by atoms with Crippen LogP contribution in [0, 0.1) is 6.92 Å². The number of rotatable bonds is 6. The number of urea groups is 1. The summed E-state index contributed by atoms with van der Waals surface area (Å²) >= 11 is 0. The number of hydrogen-bond donors (Lipinski definition) is 2. The van der Waals surface area contributed by atoms with Crippen LogP contribution >= 0.6 is 0 Å². The van der Waals surface area contributed by atoms with Crippen LogP contribution in [0.2, 0.25) is 0 Å². The normalized spacial score (nSPS) is 10.4. The maximum atomic E-state index is 11.8. The molecule has 0 unspecified atom stereocenters. The lowest BCUT2D eigenvalue weighted by molar-refractivity contribution is 0.240. The Morgan fingerprint density at radius 3 is 2.60 bits per heavy atom. The predicted molar refractivity (Wildman–Crippen MR) is 94.9 cm³/mol. The Balaban J connectivity index is 1.46. The van der Waals surface area contributed by atoms with E-state index in [1.165, 1.54) is 16.7 Å². The molecule has 0 saturated heterocycles. The number of aromatic nitrogens is 2. The van der Waals surface area contributed by atoms with Gasteiger partial charge >= 0.3 is 6.03 Å². The molecule has 6 nitrogen and oxygen atoms in total. The molecule has 2 N–H and O–H groups in total. The van der Waals surface area contributed by atoms with Crippen molar-refractivity contribution in [2.24, 2.45) is 0 Å². The van der Waals surface area contributed by atoms with Crippen LogP contribution in [-0.4, -0.2) is 22.7 Å². The van der Waals surface area contributed by atoms with Crippen molar-refractivity contribution >= 4 is 6.03 Å². The number of nitrogens with zero attached hydrogens (tertiary/aromatic N) is 2. The van der Waals surface area contributed by atoms with Crippen LogP contribution in [0.4, 0.5) is 4.79 Å². The summed E-state index contributed by atoms with van der Waals surface area (Å²) in [5.41, 5.74) is 3.54. The van der Waals surface area contributed by atoms with Crippen molar-refractivity contribution in [2.75, 3.05) is 6.54 Å². The van der Waals surface area contributed by atoms with E-state index in [0.29, 0.717) is 18.3 Å². The Morgan fingerprint density at radius 1 is 1.04 bits per heavy atom. The van der Waals surface area contributed by atoms with Crippen LogP contribution in [0.5, 0.6) is 0 Å². The second kappa shape index (κ2) is 8.10. The molecule has 3 aromatic rings. The minimum absolute atomic E-state index is 0.243. The number of nitrogens with one attached hydrogen (secondary N) is 2. The molecule has 1 aromatic heterocycles. The zero-order valence-electron chi connectivity index (χ0n) is 14.0. The monoisotopic (exact) mass is 336 g/mol. The fraction of sp³-hybridized carbons (Fsp3) is 0.211. The highest BCUT2D eigenvalue weighted by molar-refractivity contribution is 5.73. The molecule has 0 saturated carbocycles. The minimum Gasteiger partial charge on any atom is -0.340 e. The predicted octanol–water partition coefficient (Wildman–Crippen LogP) is 3.09. The largest absolute Gasteiger partial charge is 0.340 e. The molecule has 2 amide bonds. The van der Waals surface area contributed by atoms with Crippen LogP contribution < -0.4 is 10.6 Å². The summed E-state index contributed by atoms with van der Waals surface area (Å²) in [5.74, 6) is 0.943. The van der Waals surface area contributed by atoms with Crippen molar-refractivity contribution < 1.29 is 9.32 Å². The van der Waals surface area contributed by atoms with Gasteiger partial charge in [-0.2, -0.15) is 4.98 Å². The van der Waals surface area contributed by atoms with E-state index in [9.17, 15) is 4.79 Å². The van der Waals surface area contributed by atoms with Gasteiger partial charge in [-0.15, -0.1) is 0 Å². The molecule has 6 heteroatoms. The van der Waals surface area contributed by atoms with Gasteiger partial charge in [0.25, 0.3) is 0 Å². The van der Waals surface area contributed by atoms with E-state index < -0.39 is 0 Å². The molecule has 3 rings (SSSR count). The second-order valence-corrected chi connectivity index (χ2v) is 5.66. The fourth-order valence-corrected chi connectivity index (χ4v) is 2.49. The molecule has 0 atom stereocenters. The first-order valence-corrected chi connectivity index (χ1v) is 8.16. The molecule has 0 aliphatic carbocycles. The van der Waals surface area contributed by atoms with Gasteiger partial charge in [0, 0.05) is 13.5 Å². The summed E-state index contributed by atoms with van der Waals surface area (Å²) in [6, 6.07) is 18.3. The van der Waals surface area contributed by atoms with Crippen molar-refractivity contribution in [3.8, 4) is 11.1 Å². The van der Waals surface area contributed by atoms with Crippen molar-refractivity contribution in [3.05, 3.63) is 71.9 Å². The minimum atomic E-state index is -0.248. The van der Waals surface area contributed by atoms with Crippen LogP contribution in [0.25, 0.3) is 11.1 Å². The van der Waals surface area contributed by atoms with Gasteiger partial charge in [-0.1, -0.05) is 59.8 Å². The first-order chi connectivity index (χ1) is 12.2. The zero-order chi connectivity index (χ0) is 17.5. The molecule has 0 spiro atoms. The van der Waals surface area contributed by atoms with Gasteiger partial charge in [-0.3, -0.25) is 0 Å². The van der Waals surface area contributed by atoms with E-state index in [0.717, 1.165) is 6.42 Å². The van der Waals surface area contributed by atoms with Crippen LogP contribution in [0.3, 0.4) is 0 Å². The lowest BCUT2D eigenvalue weighted by Crippen LogP contribution is -2.36. The van der Waals surface area contributed by atoms with Crippen molar-refractivity contribution in [2.45, 2.75) is 19.9 Å². The number of aryl methyl sites for hydroxylation is 1. The van der Waals surface area contributed by atoms with Crippen molar-refractivity contribution in [3.63, 3.8) is 0 Å². The third kappa shape index (κ3) is 4.91. The molecule has 128 valence electrons. The Bertz CT molecular complexity index is 830. The number of hydrogen-bond acceptors (Lipinski definition) is 4. The Morgan fingerprint density at radius 2 is 1.84 bits per heavy atom. The maximum absolute atomic E-state index is 11.8. The van der Waals surface area contributed by atoms with Gasteiger partial charge in [0.2, 0.25) is 5.89 Å². The van der Waals surface area contributed by atoms with Crippen LogP contribution in [0.15, 0.2) is 59.1 Å². The number of benzene rings is 2. The number of carbonyl (C=O) groups is 1. The average molecular weight is 336 g/mol. The highest BCUT2D eigenvalue weighted by atomic mass is 16.5. The van der Waals surface area contributed by atoms with Crippen LogP contribution in [-0.2, 0) is 13.0 Å². The highest BCUT2D eigenvalue weighted by Crippen LogP contribution is 2.20. The van der Waals surface area contributed by atoms with E-state index in [1.54, 1.807) is 6.92 Å². The molecule has 0 aliphatic heterocycles. The smallest absolute Gasteiger partial charge is 0.315 e. The van der Waals surface area contributed by atoms with E-state index in [-0.39, 0.29) is 12.6 Å². The molecule has 0 fully saturated rings. The summed E-state index contributed by atoms with van der Waals surface area (Å²) in [7, 11) is 0. The third-order valence-corrected chi connectivity index (χ3v) is 3.71. The Labute approximate surface area is 146 Å². The summed E-state index contributed by atoms with van der Waals surface area (Å²) in [4.78, 5) is 15.8. The third-order valence-electron chi connectivity index (χ3n) is 3.71. The molecule has 25 heavy (non-hydrogen) atoms. The first kappa shape index (κ1) is 16.7. The van der Waals surface area contributed by atoms with Gasteiger partial charge in [-0.25, -0.2) is 4.79 Å². The van der Waals surface area contributed by atoms with Gasteiger partial charge < -0.3 is 15.2 Å². The standard InChI is InChI=1S/C19H20N4O2/c1-14-22-18(23-25-14)13-21-19(24)20-11-10-15-6-5-9-17(12-15)16-7-3-2-4-8-16/h2-9,12H,10-11,13H2,1H3,(H2,20,21,24). The SMILES string of the molecule is Cc1nc(CNC(=O)NCCc2cccc(-c3ccccc3)c2)no1. The summed E-state index contributed by atoms with van der Waals surface area (Å²) < 4.78 is 4.85. The molecule has 2 aromatic carbocycles. The molecule has 0 radical (unpaired) electrons. The molecule has 0 bridgehead atoms. The van der Waals surface area contributed by atoms with Gasteiger partial charge in [0.1, 0.15) is 0 Å². The lowest BCUT2D eigenvalue weighted by atomic mass is 10.0. The van der Waals surface area contributed by atoms with E-state index in [2.05, 4.69) is 51.1 Å². The summed E-state index contributed by atoms with van der Waals surface area (Å²) in [5, 5.41) is 9.26. The lowest BCUT2D eigenvalue weighted by Gasteiger charge is -2.08. The Kier molecular flexibility index (Phi) is 5.41. The zero-order valence-corrected chi connectivity index (χ0v) is 14.0. The van der Waals surface area contributed by atoms with E-state index >= 15 is 0 Å². The Hall–Kier alpha value is -3.15. The van der Waals surface area contributed by atoms with E-state index in [4.69, 9.17) is 4.52 Å². The first-order valence-electron chi connectivity index (χ1n) is 8.16. The van der Waals surface area contributed by atoms with E-state index in [1.807, 2.05) is 24.3 Å². The van der Waals surface area contributed by atoms with Gasteiger partial charge in [0.15, 0.2) is 5.82 Å². The van der Waals surface area contributed by atoms with Crippen LogP contribution in [0.1, 0.15) is 17.3 Å². The second-order valence-electron chi connectivity index (χ2n) is 5.66. The molecule has 0 aliphatic rings. The van der Waals surface area contributed by atoms with Crippen molar-refractivity contribution in [1.29, 1.82) is 0 Å². The average Bonchev–Trinajstić information content (AvgIpc) is 3.06.